The molecule has 0 unspecified atom stereocenters. The summed E-state index contributed by atoms with van der Waals surface area (Å²) in [7, 11) is 0. The molecular weight excluding hydrogens is 371 g/mol. The zero-order chi connectivity index (χ0) is 19.4. The van der Waals surface area contributed by atoms with Crippen LogP contribution in [0.15, 0.2) is 30.3 Å². The predicted molar refractivity (Wildman–Crippen MR) is 99.9 cm³/mol. The lowest BCUT2D eigenvalue weighted by Gasteiger charge is -2.06. The number of carbonyl (C=O) groups is 3. The molecule has 0 saturated heterocycles. The van der Waals surface area contributed by atoms with Crippen molar-refractivity contribution in [2.75, 3.05) is 11.9 Å². The van der Waals surface area contributed by atoms with Crippen molar-refractivity contribution >= 4 is 40.2 Å². The van der Waals surface area contributed by atoms with Crippen molar-refractivity contribution in [3.63, 3.8) is 0 Å². The molecule has 1 aliphatic rings. The number of esters is 1. The van der Waals surface area contributed by atoms with Crippen molar-refractivity contribution in [1.82, 2.24) is 0 Å². The molecule has 8 heteroatoms. The summed E-state index contributed by atoms with van der Waals surface area (Å²) in [6, 6.07) is 5.70. The number of hydrogen-bond donors (Lipinski definition) is 2. The monoisotopic (exact) mass is 388 g/mol. The molecule has 3 N–H and O–H groups in total. The molecule has 1 aromatic heterocycles. The third kappa shape index (κ3) is 4.59. The average molecular weight is 388 g/mol. The van der Waals surface area contributed by atoms with Gasteiger partial charge in [0.15, 0.2) is 6.61 Å². The number of aryl methyl sites for hydroxylation is 1. The number of anilines is 1. The van der Waals surface area contributed by atoms with Crippen molar-refractivity contribution in [2.24, 2.45) is 5.73 Å². The van der Waals surface area contributed by atoms with Gasteiger partial charge in [-0.05, 0) is 48.6 Å². The summed E-state index contributed by atoms with van der Waals surface area (Å²) in [5.74, 6) is -2.30. The van der Waals surface area contributed by atoms with Crippen LogP contribution in [0.2, 0.25) is 0 Å². The standard InChI is InChI=1S/C19H17FN2O4S/c20-12-4-1-3-11(9-12)7-8-16(24)26-10-15(23)22-19-17(18(21)25)13-5-2-6-14(13)27-19/h1,3-4,7-9H,2,5-6,10H2,(H2,21,25)(H,22,23). The second kappa shape index (κ2) is 8.13. The van der Waals surface area contributed by atoms with Crippen LogP contribution in [0.1, 0.15) is 32.8 Å². The van der Waals surface area contributed by atoms with Crippen molar-refractivity contribution in [2.45, 2.75) is 19.3 Å². The van der Waals surface area contributed by atoms with E-state index in [1.54, 1.807) is 6.07 Å². The van der Waals surface area contributed by atoms with E-state index in [-0.39, 0.29) is 0 Å². The largest absolute Gasteiger partial charge is 0.452 e. The van der Waals surface area contributed by atoms with Crippen molar-refractivity contribution in [3.8, 4) is 0 Å². The summed E-state index contributed by atoms with van der Waals surface area (Å²) in [6.45, 7) is -0.507. The van der Waals surface area contributed by atoms with Gasteiger partial charge >= 0.3 is 5.97 Å². The lowest BCUT2D eigenvalue weighted by atomic mass is 10.1. The van der Waals surface area contributed by atoms with E-state index in [0.29, 0.717) is 16.1 Å². The highest BCUT2D eigenvalue weighted by Gasteiger charge is 2.26. The van der Waals surface area contributed by atoms with E-state index in [4.69, 9.17) is 10.5 Å². The molecule has 0 saturated carbocycles. The Hall–Kier alpha value is -3.00. The number of fused-ring (bicyclic) bond motifs is 1. The second-order valence-corrected chi connectivity index (χ2v) is 7.08. The highest BCUT2D eigenvalue weighted by atomic mass is 32.1. The van der Waals surface area contributed by atoms with Crippen LogP contribution in [0.4, 0.5) is 9.39 Å². The maximum Gasteiger partial charge on any atom is 0.331 e. The molecule has 0 fully saturated rings. The number of hydrogen-bond acceptors (Lipinski definition) is 5. The Morgan fingerprint density at radius 1 is 1.30 bits per heavy atom. The molecule has 1 aromatic carbocycles. The van der Waals surface area contributed by atoms with E-state index < -0.39 is 30.2 Å². The molecule has 0 radical (unpaired) electrons. The predicted octanol–water partition coefficient (Wildman–Crippen LogP) is 2.67. The van der Waals surface area contributed by atoms with Gasteiger partial charge in [-0.25, -0.2) is 9.18 Å². The fourth-order valence-electron chi connectivity index (χ4n) is 2.88. The topological polar surface area (TPSA) is 98.5 Å². The number of nitrogens with one attached hydrogen (secondary N) is 1. The number of rotatable bonds is 6. The highest BCUT2D eigenvalue weighted by Crippen LogP contribution is 2.38. The van der Waals surface area contributed by atoms with Crippen LogP contribution in [0.5, 0.6) is 0 Å². The SMILES string of the molecule is NC(=O)c1c(NC(=O)COC(=O)C=Cc2cccc(F)c2)sc2c1CCC2. The zero-order valence-electron chi connectivity index (χ0n) is 14.3. The smallest absolute Gasteiger partial charge is 0.331 e. The van der Waals surface area contributed by atoms with Gasteiger partial charge in [0.25, 0.3) is 11.8 Å². The van der Waals surface area contributed by atoms with Crippen molar-refractivity contribution in [1.29, 1.82) is 0 Å². The van der Waals surface area contributed by atoms with Gasteiger partial charge in [-0.15, -0.1) is 11.3 Å². The van der Waals surface area contributed by atoms with Gasteiger partial charge in [0, 0.05) is 11.0 Å². The van der Waals surface area contributed by atoms with Crippen LogP contribution < -0.4 is 11.1 Å². The molecular formula is C19H17FN2O4S. The lowest BCUT2D eigenvalue weighted by Crippen LogP contribution is -2.22. The summed E-state index contributed by atoms with van der Waals surface area (Å²) in [5.41, 5.74) is 7.17. The minimum absolute atomic E-state index is 0.346. The number of amides is 2. The normalized spacial score (nSPS) is 12.8. The second-order valence-electron chi connectivity index (χ2n) is 5.97. The van der Waals surface area contributed by atoms with E-state index in [0.717, 1.165) is 35.8 Å². The molecule has 140 valence electrons. The Bertz CT molecular complexity index is 936. The minimum Gasteiger partial charge on any atom is -0.452 e. The average Bonchev–Trinajstić information content (AvgIpc) is 3.18. The Labute approximate surface area is 158 Å². The van der Waals surface area contributed by atoms with Gasteiger partial charge in [0.05, 0.1) is 5.56 Å². The number of halogens is 1. The van der Waals surface area contributed by atoms with Crippen LogP contribution in [-0.4, -0.2) is 24.4 Å². The molecule has 27 heavy (non-hydrogen) atoms. The van der Waals surface area contributed by atoms with E-state index in [1.165, 1.54) is 35.6 Å². The molecule has 0 atom stereocenters. The summed E-state index contributed by atoms with van der Waals surface area (Å²) in [5, 5.41) is 2.98. The number of thiophene rings is 1. The first-order chi connectivity index (χ1) is 12.9. The van der Waals surface area contributed by atoms with Crippen LogP contribution >= 0.6 is 11.3 Å². The molecule has 2 amide bonds. The molecule has 1 aliphatic carbocycles. The maximum absolute atomic E-state index is 13.1. The fourth-order valence-corrected chi connectivity index (χ4v) is 4.19. The molecule has 3 rings (SSSR count). The zero-order valence-corrected chi connectivity index (χ0v) is 15.1. The number of carbonyl (C=O) groups excluding carboxylic acids is 3. The first kappa shape index (κ1) is 18.8. The Kier molecular flexibility index (Phi) is 5.66. The van der Waals surface area contributed by atoms with Gasteiger partial charge in [-0.3, -0.25) is 9.59 Å². The van der Waals surface area contributed by atoms with E-state index >= 15 is 0 Å². The van der Waals surface area contributed by atoms with Gasteiger partial charge in [-0.1, -0.05) is 12.1 Å². The van der Waals surface area contributed by atoms with Crippen molar-refractivity contribution < 1.29 is 23.5 Å². The Morgan fingerprint density at radius 3 is 2.85 bits per heavy atom. The number of benzene rings is 1. The van der Waals surface area contributed by atoms with Crippen LogP contribution in [0.25, 0.3) is 6.08 Å². The molecule has 6 nitrogen and oxygen atoms in total. The van der Waals surface area contributed by atoms with Gasteiger partial charge < -0.3 is 15.8 Å². The van der Waals surface area contributed by atoms with E-state index in [9.17, 15) is 18.8 Å². The summed E-state index contributed by atoms with van der Waals surface area (Å²) >= 11 is 1.33. The third-order valence-electron chi connectivity index (χ3n) is 4.03. The van der Waals surface area contributed by atoms with Gasteiger partial charge in [0.1, 0.15) is 10.8 Å². The molecule has 2 aromatic rings. The van der Waals surface area contributed by atoms with Gasteiger partial charge in [-0.2, -0.15) is 0 Å². The highest BCUT2D eigenvalue weighted by molar-refractivity contribution is 7.17. The summed E-state index contributed by atoms with van der Waals surface area (Å²) in [4.78, 5) is 36.5. The maximum atomic E-state index is 13.1. The third-order valence-corrected chi connectivity index (χ3v) is 5.23. The van der Waals surface area contributed by atoms with Crippen LogP contribution in [0, 0.1) is 5.82 Å². The van der Waals surface area contributed by atoms with E-state index in [2.05, 4.69) is 5.32 Å². The van der Waals surface area contributed by atoms with Crippen LogP contribution in [-0.2, 0) is 27.2 Å². The molecule has 0 spiro atoms. The first-order valence-electron chi connectivity index (χ1n) is 8.28. The quantitative estimate of drug-likeness (QED) is 0.587. The molecule has 1 heterocycles. The fraction of sp³-hybridized carbons (Fsp3) is 0.211. The number of nitrogens with two attached hydrogens (primary N) is 1. The minimum atomic E-state index is -0.738. The molecule has 0 bridgehead atoms. The lowest BCUT2D eigenvalue weighted by molar-refractivity contribution is -0.142. The van der Waals surface area contributed by atoms with Crippen LogP contribution in [0.3, 0.4) is 0 Å². The Balaban J connectivity index is 1.56. The van der Waals surface area contributed by atoms with Crippen molar-refractivity contribution in [3.05, 3.63) is 57.7 Å². The first-order valence-corrected chi connectivity index (χ1v) is 9.10. The van der Waals surface area contributed by atoms with Gasteiger partial charge in [0.2, 0.25) is 0 Å². The Morgan fingerprint density at radius 2 is 2.11 bits per heavy atom. The summed E-state index contributed by atoms with van der Waals surface area (Å²) in [6.07, 6.45) is 5.08. The summed E-state index contributed by atoms with van der Waals surface area (Å²) < 4.78 is 17.9. The number of ether oxygens (including phenoxy) is 1. The van der Waals surface area contributed by atoms with E-state index in [1.807, 2.05) is 0 Å². The number of primary amides is 1. The molecule has 0 aliphatic heterocycles.